The number of carbonyl (C=O) groups is 2. The lowest BCUT2D eigenvalue weighted by Gasteiger charge is -2.63. The van der Waals surface area contributed by atoms with E-state index in [0.717, 1.165) is 38.5 Å². The summed E-state index contributed by atoms with van der Waals surface area (Å²) < 4.78 is 18.4. The van der Waals surface area contributed by atoms with Gasteiger partial charge in [0.05, 0.1) is 18.3 Å². The Kier molecular flexibility index (Phi) is 6.65. The summed E-state index contributed by atoms with van der Waals surface area (Å²) in [6.07, 6.45) is 5.86. The molecule has 6 fully saturated rings. The molecule has 5 saturated carbocycles. The summed E-state index contributed by atoms with van der Waals surface area (Å²) in [6, 6.07) is 0. The zero-order chi connectivity index (χ0) is 29.9. The summed E-state index contributed by atoms with van der Waals surface area (Å²) in [5.41, 5.74) is 5.58. The van der Waals surface area contributed by atoms with Gasteiger partial charge in [-0.15, -0.1) is 0 Å². The van der Waals surface area contributed by atoms with Gasteiger partial charge >= 0.3 is 12.2 Å². The van der Waals surface area contributed by atoms with Crippen LogP contribution in [0, 0.1) is 56.7 Å². The van der Waals surface area contributed by atoms with Crippen LogP contribution in [0.15, 0.2) is 0 Å². The van der Waals surface area contributed by atoms with Gasteiger partial charge in [0.1, 0.15) is 12.2 Å². The van der Waals surface area contributed by atoms with Crippen molar-refractivity contribution in [3.8, 4) is 0 Å². The van der Waals surface area contributed by atoms with Crippen LogP contribution in [0.25, 0.3) is 0 Å². The molecular formula is C33H54N2O6. The number of aliphatic hydroxyl groups is 1. The molecule has 0 aromatic carbocycles. The SMILES string of the molecule is CNC(=O)O[C@H](C(C)C)C1C[C@@H](C)[C@H]2C(O1)[C@H](O)[C@@]1(C)C3CC[C@H]4C(C)(C)[C@@H](OC(N)=O)CCC45C[C@@]35CC[C@]21C. The third-order valence-electron chi connectivity index (χ3n) is 14.5. The Morgan fingerprint density at radius 1 is 1.02 bits per heavy atom. The highest BCUT2D eigenvalue weighted by molar-refractivity contribution is 5.67. The first-order chi connectivity index (χ1) is 19.1. The van der Waals surface area contributed by atoms with E-state index in [4.69, 9.17) is 19.9 Å². The number of nitrogens with two attached hydrogens (primary N) is 1. The average molecular weight is 575 g/mol. The molecule has 232 valence electrons. The molecule has 2 spiro atoms. The van der Waals surface area contributed by atoms with Gasteiger partial charge in [-0.1, -0.05) is 48.5 Å². The zero-order valence-electron chi connectivity index (χ0n) is 26.5. The second kappa shape index (κ2) is 9.23. The van der Waals surface area contributed by atoms with E-state index in [0.29, 0.717) is 17.8 Å². The first-order valence-electron chi connectivity index (χ1n) is 16.3. The largest absolute Gasteiger partial charge is 0.446 e. The summed E-state index contributed by atoms with van der Waals surface area (Å²) in [6.45, 7) is 15.9. The minimum Gasteiger partial charge on any atom is -0.446 e. The van der Waals surface area contributed by atoms with Crippen molar-refractivity contribution in [1.82, 2.24) is 5.32 Å². The van der Waals surface area contributed by atoms with Gasteiger partial charge in [0.15, 0.2) is 0 Å². The van der Waals surface area contributed by atoms with E-state index in [1.807, 2.05) is 0 Å². The van der Waals surface area contributed by atoms with Crippen molar-refractivity contribution in [2.24, 2.45) is 62.4 Å². The third kappa shape index (κ3) is 3.64. The van der Waals surface area contributed by atoms with Crippen molar-refractivity contribution in [2.75, 3.05) is 7.05 Å². The number of nitrogens with one attached hydrogen (secondary N) is 1. The van der Waals surface area contributed by atoms with Gasteiger partial charge < -0.3 is 30.4 Å². The molecule has 6 aliphatic rings. The fourth-order valence-electron chi connectivity index (χ4n) is 12.7. The Morgan fingerprint density at radius 2 is 1.68 bits per heavy atom. The second-order valence-corrected chi connectivity index (χ2v) is 16.3. The van der Waals surface area contributed by atoms with Crippen LogP contribution in [0.3, 0.4) is 0 Å². The first kappa shape index (κ1) is 29.5. The fourth-order valence-corrected chi connectivity index (χ4v) is 12.7. The number of fused-ring (bicyclic) bond motifs is 4. The van der Waals surface area contributed by atoms with Crippen molar-refractivity contribution < 1.29 is 28.9 Å². The Morgan fingerprint density at radius 3 is 2.32 bits per heavy atom. The Bertz CT molecular complexity index is 1100. The second-order valence-electron chi connectivity index (χ2n) is 16.3. The molecule has 1 saturated heterocycles. The molecule has 4 unspecified atom stereocenters. The highest BCUT2D eigenvalue weighted by Gasteiger charge is 2.84. The molecule has 13 atom stereocenters. The number of hydrogen-bond donors (Lipinski definition) is 3. The number of rotatable bonds is 4. The molecule has 6 rings (SSSR count). The third-order valence-corrected chi connectivity index (χ3v) is 14.5. The predicted molar refractivity (Wildman–Crippen MR) is 155 cm³/mol. The number of aliphatic hydroxyl groups excluding tert-OH is 1. The van der Waals surface area contributed by atoms with E-state index in [9.17, 15) is 14.7 Å². The van der Waals surface area contributed by atoms with Gasteiger partial charge in [0, 0.05) is 17.9 Å². The van der Waals surface area contributed by atoms with E-state index in [1.165, 1.54) is 12.8 Å². The topological polar surface area (TPSA) is 120 Å². The molecule has 2 amide bonds. The number of alkyl carbamates (subject to hydrolysis) is 1. The molecule has 41 heavy (non-hydrogen) atoms. The van der Waals surface area contributed by atoms with E-state index >= 15 is 0 Å². The van der Waals surface area contributed by atoms with Crippen molar-refractivity contribution >= 4 is 12.2 Å². The monoisotopic (exact) mass is 574 g/mol. The molecular weight excluding hydrogens is 520 g/mol. The van der Waals surface area contributed by atoms with Gasteiger partial charge in [-0.05, 0) is 97.2 Å². The van der Waals surface area contributed by atoms with Crippen LogP contribution in [0.4, 0.5) is 9.59 Å². The summed E-state index contributed by atoms with van der Waals surface area (Å²) in [4.78, 5) is 23.9. The van der Waals surface area contributed by atoms with Gasteiger partial charge in [0.25, 0.3) is 0 Å². The zero-order valence-corrected chi connectivity index (χ0v) is 26.5. The quantitative estimate of drug-likeness (QED) is 0.399. The average Bonchev–Trinajstić information content (AvgIpc) is 3.53. The van der Waals surface area contributed by atoms with Crippen LogP contribution >= 0.6 is 0 Å². The normalized spacial score (nSPS) is 51.7. The number of hydrogen-bond acceptors (Lipinski definition) is 6. The molecule has 5 aliphatic carbocycles. The van der Waals surface area contributed by atoms with Gasteiger partial charge in [-0.2, -0.15) is 0 Å². The maximum atomic E-state index is 12.4. The predicted octanol–water partition coefficient (Wildman–Crippen LogP) is 5.64. The van der Waals surface area contributed by atoms with Gasteiger partial charge in [-0.3, -0.25) is 0 Å². The minimum atomic E-state index is -0.663. The highest BCUT2D eigenvalue weighted by Crippen LogP contribution is 2.89. The maximum absolute atomic E-state index is 12.4. The summed E-state index contributed by atoms with van der Waals surface area (Å²) in [5.74, 6) is 1.66. The van der Waals surface area contributed by atoms with E-state index in [-0.39, 0.29) is 63.3 Å². The number of ether oxygens (including phenoxy) is 3. The summed E-state index contributed by atoms with van der Waals surface area (Å²) in [5, 5.41) is 15.0. The van der Waals surface area contributed by atoms with Crippen molar-refractivity contribution in [3.05, 3.63) is 0 Å². The van der Waals surface area contributed by atoms with Crippen LogP contribution in [0.5, 0.6) is 0 Å². The van der Waals surface area contributed by atoms with Crippen LogP contribution in [-0.2, 0) is 14.2 Å². The van der Waals surface area contributed by atoms with Crippen LogP contribution in [0.2, 0.25) is 0 Å². The lowest BCUT2D eigenvalue weighted by Crippen LogP contribution is -2.60. The Labute approximate surface area is 246 Å². The Balaban J connectivity index is 1.31. The molecule has 0 aromatic rings. The van der Waals surface area contributed by atoms with E-state index in [2.05, 4.69) is 53.8 Å². The van der Waals surface area contributed by atoms with Crippen molar-refractivity contribution in [1.29, 1.82) is 0 Å². The lowest BCUT2D eigenvalue weighted by molar-refractivity contribution is -0.184. The summed E-state index contributed by atoms with van der Waals surface area (Å²) >= 11 is 0. The smallest absolute Gasteiger partial charge is 0.407 e. The molecule has 0 radical (unpaired) electrons. The van der Waals surface area contributed by atoms with Crippen molar-refractivity contribution in [2.45, 2.75) is 130 Å². The minimum absolute atomic E-state index is 0.0230. The number of carbonyl (C=O) groups excluding carboxylic acids is 2. The van der Waals surface area contributed by atoms with Gasteiger partial charge in [-0.25, -0.2) is 9.59 Å². The molecule has 0 aromatic heterocycles. The molecule has 4 N–H and O–H groups in total. The fraction of sp³-hybridized carbons (Fsp3) is 0.939. The van der Waals surface area contributed by atoms with E-state index < -0.39 is 18.3 Å². The lowest BCUT2D eigenvalue weighted by atomic mass is 9.41. The molecule has 8 nitrogen and oxygen atoms in total. The number of amides is 2. The molecule has 1 heterocycles. The standard InChI is InChI=1S/C33H54N2O6/c1-17(2)24(41-28(38)35-8)19-15-18(3)23-25(39-19)26(36)31(7)21-10-9-20-29(4,5)22(40-27(34)37)11-12-32(20)16-33(21,32)14-13-30(23,31)6/h17-26,36H,9-16H2,1-8H3,(H2,34,37)(H,35,38)/t18-,19?,20+,21?,22+,23+,24-,25?,26+,30-,31-,32?,33+/m1/s1. The van der Waals surface area contributed by atoms with Crippen LogP contribution in [0.1, 0.15) is 99.8 Å². The van der Waals surface area contributed by atoms with Crippen LogP contribution < -0.4 is 11.1 Å². The molecule has 0 bridgehead atoms. The van der Waals surface area contributed by atoms with Crippen LogP contribution in [-0.4, -0.2) is 54.9 Å². The number of primary amides is 1. The highest BCUT2D eigenvalue weighted by atomic mass is 16.6. The maximum Gasteiger partial charge on any atom is 0.407 e. The Hall–Kier alpha value is -1.54. The molecule has 1 aliphatic heterocycles. The van der Waals surface area contributed by atoms with Gasteiger partial charge in [0.2, 0.25) is 0 Å². The molecule has 8 heteroatoms. The van der Waals surface area contributed by atoms with E-state index in [1.54, 1.807) is 7.05 Å². The van der Waals surface area contributed by atoms with Crippen molar-refractivity contribution in [3.63, 3.8) is 0 Å². The first-order valence-corrected chi connectivity index (χ1v) is 16.3. The summed E-state index contributed by atoms with van der Waals surface area (Å²) in [7, 11) is 1.58.